The van der Waals surface area contributed by atoms with Crippen LogP contribution in [0.3, 0.4) is 0 Å². The SMILES string of the molecule is C=CC=CCCC=CC=CC=CCCC=CC(O)C(O)C1OC(C(O)C(O)C(=C)CCC(O)C2CC(O)C(O)C(C(O)C(O)C=C(C)CCC(O)CC(O)C(O)C(C)CC(O)C(O)CCCCCC(O)CCCC(O)C=CCC(O)C=CCC(O)CO)O2)CC(O)C1O. The molecular formula is C70H118O23. The van der Waals surface area contributed by atoms with Gasteiger partial charge in [-0.05, 0) is 121 Å². The zero-order chi connectivity index (χ0) is 69.6. The molecule has 0 aliphatic carbocycles. The minimum absolute atomic E-state index is 0.00463. The van der Waals surface area contributed by atoms with E-state index in [1.165, 1.54) is 18.2 Å². The molecule has 2 rings (SSSR count). The van der Waals surface area contributed by atoms with Crippen molar-refractivity contribution in [3.63, 3.8) is 0 Å². The van der Waals surface area contributed by atoms with Gasteiger partial charge in [0.15, 0.2) is 0 Å². The second-order valence-corrected chi connectivity index (χ2v) is 25.4. The van der Waals surface area contributed by atoms with E-state index in [9.17, 15) is 102 Å². The van der Waals surface area contributed by atoms with Crippen molar-refractivity contribution in [2.45, 2.75) is 302 Å². The van der Waals surface area contributed by atoms with Crippen LogP contribution < -0.4 is 0 Å². The van der Waals surface area contributed by atoms with Crippen LogP contribution >= 0.6 is 0 Å². The molecule has 2 heterocycles. The number of unbranched alkanes of at least 4 members (excludes halogenated alkanes) is 4. The van der Waals surface area contributed by atoms with Gasteiger partial charge in [0.25, 0.3) is 0 Å². The first-order valence-corrected chi connectivity index (χ1v) is 33.3. The molecule has 2 fully saturated rings. The van der Waals surface area contributed by atoms with Gasteiger partial charge in [0.2, 0.25) is 0 Å². The van der Waals surface area contributed by atoms with Gasteiger partial charge in [0.1, 0.15) is 61.0 Å². The first-order valence-electron chi connectivity index (χ1n) is 33.3. The highest BCUT2D eigenvalue weighted by atomic mass is 16.6. The van der Waals surface area contributed by atoms with Crippen LogP contribution in [0.15, 0.2) is 122 Å². The maximum atomic E-state index is 11.2. The molecule has 0 radical (unpaired) electrons. The lowest BCUT2D eigenvalue weighted by atomic mass is 9.87. The molecule has 25 atom stereocenters. The normalized spacial score (nSPS) is 26.9. The average Bonchev–Trinajstić information content (AvgIpc) is 0.828. The smallest absolute Gasteiger partial charge is 0.115 e. The summed E-state index contributed by atoms with van der Waals surface area (Å²) in [6, 6.07) is 0. The minimum atomic E-state index is -1.83. The lowest BCUT2D eigenvalue weighted by Crippen LogP contribution is -2.59. The highest BCUT2D eigenvalue weighted by Crippen LogP contribution is 2.32. The monoisotopic (exact) mass is 1330 g/mol. The lowest BCUT2D eigenvalue weighted by molar-refractivity contribution is -0.234. The first kappa shape index (κ1) is 85.6. The van der Waals surface area contributed by atoms with Gasteiger partial charge in [-0.2, -0.15) is 0 Å². The average molecular weight is 1330 g/mol. The maximum absolute atomic E-state index is 11.2. The number of hydrogen-bond donors (Lipinski definition) is 21. The molecule has 93 heavy (non-hydrogen) atoms. The molecule has 0 spiro atoms. The molecule has 23 heteroatoms. The van der Waals surface area contributed by atoms with Crippen molar-refractivity contribution in [2.24, 2.45) is 5.92 Å². The Morgan fingerprint density at radius 3 is 1.67 bits per heavy atom. The summed E-state index contributed by atoms with van der Waals surface area (Å²) in [5, 5.41) is 223. The van der Waals surface area contributed by atoms with Crippen molar-refractivity contribution in [3.8, 4) is 0 Å². The third-order valence-corrected chi connectivity index (χ3v) is 17.1. The van der Waals surface area contributed by atoms with E-state index in [4.69, 9.17) is 14.6 Å². The second-order valence-electron chi connectivity index (χ2n) is 25.4. The predicted molar refractivity (Wildman–Crippen MR) is 352 cm³/mol. The Morgan fingerprint density at radius 1 is 0.495 bits per heavy atom. The molecule has 2 aliphatic heterocycles. The standard InChI is InChI=1S/C70H118O23/c1-5-6-7-8-9-10-11-12-13-14-15-16-17-20-33-54(79)64(87)69-67(90)59(84)42-61(93-69)68(91)63(86)45(3)35-37-53(78)60-41-58(83)66(89)70(92-60)65(88)56(81)38-44(2)34-36-50(75)40-57(82)62(85)46(4)39-55(80)52(77)32-21-18-19-25-47(72)26-22-27-48(73)28-23-29-49(74)30-24-31-51(76)43-71/h5-7,10-15,20,23-24,28,30,33,38,46-91H,1,3,8-9,16-19,21-22,25-27,29,31-32,34-37,39-43H2,2,4H3. The van der Waals surface area contributed by atoms with Crippen molar-refractivity contribution < 1.29 is 117 Å². The topological polar surface area (TPSA) is 443 Å². The Bertz CT molecular complexity index is 2240. The van der Waals surface area contributed by atoms with Gasteiger partial charge in [-0.3, -0.25) is 0 Å². The summed E-state index contributed by atoms with van der Waals surface area (Å²) in [6.07, 6.45) is 1.59. The minimum Gasteiger partial charge on any atom is -0.394 e. The van der Waals surface area contributed by atoms with Crippen molar-refractivity contribution in [3.05, 3.63) is 122 Å². The lowest BCUT2D eigenvalue weighted by Gasteiger charge is -2.42. The summed E-state index contributed by atoms with van der Waals surface area (Å²) in [5.74, 6) is -0.676. The van der Waals surface area contributed by atoms with Gasteiger partial charge in [-0.15, -0.1) is 0 Å². The van der Waals surface area contributed by atoms with E-state index in [0.29, 0.717) is 63.4 Å². The predicted octanol–water partition coefficient (Wildman–Crippen LogP) is 1.53. The molecular weight excluding hydrogens is 1210 g/mol. The summed E-state index contributed by atoms with van der Waals surface area (Å²) in [5.41, 5.74) is 0.480. The van der Waals surface area contributed by atoms with Crippen molar-refractivity contribution >= 4 is 0 Å². The fourth-order valence-electron chi connectivity index (χ4n) is 11.1. The van der Waals surface area contributed by atoms with E-state index in [1.807, 2.05) is 42.5 Å². The largest absolute Gasteiger partial charge is 0.394 e. The summed E-state index contributed by atoms with van der Waals surface area (Å²) in [6.45, 7) is 10.3. The molecule has 2 saturated heterocycles. The fourth-order valence-corrected chi connectivity index (χ4v) is 11.1. The number of allylic oxidation sites excluding steroid dienone is 11. The van der Waals surface area contributed by atoms with E-state index >= 15 is 0 Å². The third-order valence-electron chi connectivity index (χ3n) is 17.1. The van der Waals surface area contributed by atoms with Crippen LogP contribution in [-0.4, -0.2) is 260 Å². The van der Waals surface area contributed by atoms with Gasteiger partial charge >= 0.3 is 0 Å². The molecule has 0 bridgehead atoms. The molecule has 23 nitrogen and oxygen atoms in total. The van der Waals surface area contributed by atoms with Crippen LogP contribution in [0.2, 0.25) is 0 Å². The molecule has 25 unspecified atom stereocenters. The number of aliphatic hydroxyl groups is 21. The van der Waals surface area contributed by atoms with Crippen LogP contribution in [0, 0.1) is 5.92 Å². The fraction of sp³-hybridized carbons (Fsp3) is 0.714. The zero-order valence-corrected chi connectivity index (χ0v) is 54.6. The van der Waals surface area contributed by atoms with E-state index in [2.05, 4.69) is 19.2 Å². The molecule has 0 aromatic heterocycles. The van der Waals surface area contributed by atoms with Crippen LogP contribution in [0.1, 0.15) is 155 Å². The van der Waals surface area contributed by atoms with Crippen LogP contribution in [0.25, 0.3) is 0 Å². The zero-order valence-electron chi connectivity index (χ0n) is 54.6. The Balaban J connectivity index is 1.77. The van der Waals surface area contributed by atoms with Gasteiger partial charge in [-0.1, -0.05) is 142 Å². The molecule has 0 aromatic carbocycles. The Hall–Kier alpha value is -3.52. The molecule has 0 amide bonds. The summed E-state index contributed by atoms with van der Waals surface area (Å²) in [7, 11) is 0. The van der Waals surface area contributed by atoms with E-state index in [0.717, 1.165) is 12.8 Å². The van der Waals surface area contributed by atoms with Crippen molar-refractivity contribution in [1.29, 1.82) is 0 Å². The summed E-state index contributed by atoms with van der Waals surface area (Å²) >= 11 is 0. The third kappa shape index (κ3) is 34.5. The van der Waals surface area contributed by atoms with Crippen LogP contribution in [0.5, 0.6) is 0 Å². The highest BCUT2D eigenvalue weighted by Gasteiger charge is 2.47. The Kier molecular flexibility index (Phi) is 44.4. The van der Waals surface area contributed by atoms with Gasteiger partial charge in [0, 0.05) is 19.3 Å². The second kappa shape index (κ2) is 48.2. The number of rotatable bonds is 49. The van der Waals surface area contributed by atoms with Crippen molar-refractivity contribution in [2.75, 3.05) is 6.61 Å². The number of hydrogen-bond acceptors (Lipinski definition) is 23. The molecule has 536 valence electrons. The van der Waals surface area contributed by atoms with Gasteiger partial charge < -0.3 is 117 Å². The summed E-state index contributed by atoms with van der Waals surface area (Å²) in [4.78, 5) is 0. The molecule has 2 aliphatic rings. The van der Waals surface area contributed by atoms with Crippen LogP contribution in [-0.2, 0) is 9.47 Å². The van der Waals surface area contributed by atoms with Crippen molar-refractivity contribution in [1.82, 2.24) is 0 Å². The Morgan fingerprint density at radius 2 is 1.04 bits per heavy atom. The Labute approximate surface area is 550 Å². The highest BCUT2D eigenvalue weighted by molar-refractivity contribution is 5.13. The van der Waals surface area contributed by atoms with E-state index in [1.54, 1.807) is 44.2 Å². The van der Waals surface area contributed by atoms with Gasteiger partial charge in [-0.25, -0.2) is 0 Å². The molecule has 0 saturated carbocycles. The quantitative estimate of drug-likeness (QED) is 0.0233. The van der Waals surface area contributed by atoms with E-state index < -0.39 is 152 Å². The maximum Gasteiger partial charge on any atom is 0.115 e. The van der Waals surface area contributed by atoms with E-state index in [-0.39, 0.29) is 82.8 Å². The first-order chi connectivity index (χ1) is 44.1. The number of aliphatic hydroxyl groups excluding tert-OH is 21. The van der Waals surface area contributed by atoms with Crippen LogP contribution in [0.4, 0.5) is 0 Å². The molecule has 0 aromatic rings. The van der Waals surface area contributed by atoms with Gasteiger partial charge in [0.05, 0.1) is 92.1 Å². The number of ether oxygens (including phenoxy) is 2. The molecule has 21 N–H and O–H groups in total. The summed E-state index contributed by atoms with van der Waals surface area (Å²) < 4.78 is 11.6.